The molecule has 2 aromatic rings. The summed E-state index contributed by atoms with van der Waals surface area (Å²) >= 11 is 0. The third-order valence-corrected chi connectivity index (χ3v) is 4.72. The Kier molecular flexibility index (Phi) is 3.65. The van der Waals surface area contributed by atoms with E-state index >= 15 is 0 Å². The lowest BCUT2D eigenvalue weighted by Crippen LogP contribution is -2.46. The second kappa shape index (κ2) is 5.36. The summed E-state index contributed by atoms with van der Waals surface area (Å²) in [6.45, 7) is 0. The van der Waals surface area contributed by atoms with E-state index in [-0.39, 0.29) is 17.6 Å². The van der Waals surface area contributed by atoms with E-state index in [4.69, 9.17) is 0 Å². The quantitative estimate of drug-likeness (QED) is 0.750. The molecule has 2 heterocycles. The van der Waals surface area contributed by atoms with Crippen molar-refractivity contribution in [3.05, 3.63) is 27.2 Å². The fraction of sp³-hybridized carbons (Fsp3) is 0.643. The van der Waals surface area contributed by atoms with Crippen LogP contribution in [0.3, 0.4) is 0 Å². The fourth-order valence-corrected chi connectivity index (χ4v) is 3.42. The molecule has 120 valence electrons. The van der Waals surface area contributed by atoms with Crippen LogP contribution in [-0.2, 0) is 14.1 Å². The van der Waals surface area contributed by atoms with Gasteiger partial charge < -0.3 is 15.0 Å². The second-order valence-corrected chi connectivity index (χ2v) is 5.91. The van der Waals surface area contributed by atoms with Crippen LogP contribution < -0.4 is 16.6 Å². The number of aliphatic hydroxyl groups excluding tert-OH is 1. The molecule has 3 atom stereocenters. The molecule has 1 saturated carbocycles. The molecule has 2 N–H and O–H groups in total. The lowest BCUT2D eigenvalue weighted by molar-refractivity contribution is 0.0471. The topological polar surface area (TPSA) is 94.1 Å². The average molecular weight is 307 g/mol. The molecule has 0 aromatic carbocycles. The Balaban J connectivity index is 2.21. The number of likely N-dealkylation sites (N-methyl/N-ethyl adjacent to an activating group) is 1. The van der Waals surface area contributed by atoms with E-state index in [0.29, 0.717) is 5.65 Å². The first-order chi connectivity index (χ1) is 10.5. The Morgan fingerprint density at radius 1 is 1.27 bits per heavy atom. The lowest BCUT2D eigenvalue weighted by Gasteiger charge is -2.35. The van der Waals surface area contributed by atoms with Gasteiger partial charge in [0.1, 0.15) is 5.65 Å². The van der Waals surface area contributed by atoms with Crippen LogP contribution in [0.2, 0.25) is 0 Å². The number of imidazole rings is 1. The molecule has 0 spiro atoms. The number of hydrogen-bond donors (Lipinski definition) is 2. The molecule has 3 rings (SSSR count). The highest BCUT2D eigenvalue weighted by molar-refractivity contribution is 5.70. The molecule has 0 aliphatic heterocycles. The Hall–Kier alpha value is -1.93. The third kappa shape index (κ3) is 2.02. The van der Waals surface area contributed by atoms with Crippen LogP contribution in [0.25, 0.3) is 11.2 Å². The summed E-state index contributed by atoms with van der Waals surface area (Å²) in [4.78, 5) is 28.5. The highest BCUT2D eigenvalue weighted by Gasteiger charge is 2.33. The molecule has 0 saturated heterocycles. The molecular weight excluding hydrogens is 286 g/mol. The van der Waals surface area contributed by atoms with Crippen molar-refractivity contribution in [1.29, 1.82) is 0 Å². The van der Waals surface area contributed by atoms with Crippen molar-refractivity contribution in [3.63, 3.8) is 0 Å². The predicted molar refractivity (Wildman–Crippen MR) is 82.0 cm³/mol. The van der Waals surface area contributed by atoms with E-state index in [1.54, 1.807) is 17.9 Å². The van der Waals surface area contributed by atoms with Crippen molar-refractivity contribution in [2.45, 2.75) is 37.5 Å². The minimum Gasteiger partial charge on any atom is -0.389 e. The minimum absolute atomic E-state index is 0.000210. The molecule has 0 bridgehead atoms. The molecule has 0 unspecified atom stereocenters. The summed E-state index contributed by atoms with van der Waals surface area (Å²) in [6, 6.07) is -0.200. The molecule has 0 radical (unpaired) electrons. The number of fused-ring (bicyclic) bond motifs is 1. The van der Waals surface area contributed by atoms with Crippen molar-refractivity contribution in [1.82, 2.24) is 24.0 Å². The minimum atomic E-state index is -0.588. The zero-order chi connectivity index (χ0) is 16.0. The summed E-state index contributed by atoms with van der Waals surface area (Å²) < 4.78 is 4.24. The van der Waals surface area contributed by atoms with Gasteiger partial charge in [-0.2, -0.15) is 0 Å². The first kappa shape index (κ1) is 15.0. The monoisotopic (exact) mass is 307 g/mol. The zero-order valence-electron chi connectivity index (χ0n) is 13.0. The van der Waals surface area contributed by atoms with Gasteiger partial charge in [-0.25, -0.2) is 9.78 Å². The highest BCUT2D eigenvalue weighted by Crippen LogP contribution is 2.30. The molecule has 2 aromatic heterocycles. The Morgan fingerprint density at radius 2 is 2.00 bits per heavy atom. The van der Waals surface area contributed by atoms with Crippen LogP contribution in [0.4, 0.5) is 0 Å². The molecule has 1 aliphatic carbocycles. The first-order valence-electron chi connectivity index (χ1n) is 7.45. The number of aliphatic hydroxyl groups is 1. The van der Waals surface area contributed by atoms with Crippen molar-refractivity contribution in [2.75, 3.05) is 7.05 Å². The Labute approximate surface area is 127 Å². The molecule has 0 amide bonds. The van der Waals surface area contributed by atoms with E-state index in [9.17, 15) is 14.7 Å². The van der Waals surface area contributed by atoms with Crippen molar-refractivity contribution in [3.8, 4) is 0 Å². The van der Waals surface area contributed by atoms with Crippen LogP contribution in [0.5, 0.6) is 0 Å². The summed E-state index contributed by atoms with van der Waals surface area (Å²) in [5, 5.41) is 13.7. The van der Waals surface area contributed by atoms with Gasteiger partial charge in [0, 0.05) is 20.1 Å². The maximum absolute atomic E-state index is 12.2. The van der Waals surface area contributed by atoms with Crippen LogP contribution in [-0.4, -0.2) is 43.0 Å². The van der Waals surface area contributed by atoms with Gasteiger partial charge in [0.2, 0.25) is 0 Å². The van der Waals surface area contributed by atoms with Crippen LogP contribution >= 0.6 is 0 Å². The van der Waals surface area contributed by atoms with Crippen LogP contribution in [0.1, 0.15) is 25.3 Å². The number of aromatic nitrogens is 4. The lowest BCUT2D eigenvalue weighted by atomic mass is 9.88. The van der Waals surface area contributed by atoms with E-state index in [1.807, 2.05) is 7.05 Å². The number of hydrogen-bond acceptors (Lipinski definition) is 5. The normalized spacial score (nSPS) is 25.7. The first-order valence-corrected chi connectivity index (χ1v) is 7.45. The molecule has 8 nitrogen and oxygen atoms in total. The van der Waals surface area contributed by atoms with E-state index in [2.05, 4.69) is 10.3 Å². The predicted octanol–water partition coefficient (Wildman–Crippen LogP) is -0.892. The summed E-state index contributed by atoms with van der Waals surface area (Å²) in [5.74, 6) is 0. The SMILES string of the molecule is CN[C@@H]1CCC[C@@H](n2cnc3c(=O)n(C)c(=O)n(C)c32)[C@@H]1O. The Morgan fingerprint density at radius 3 is 2.68 bits per heavy atom. The van der Waals surface area contributed by atoms with Gasteiger partial charge in [-0.05, 0) is 26.3 Å². The maximum atomic E-state index is 12.2. The third-order valence-electron chi connectivity index (χ3n) is 4.72. The molecule has 1 fully saturated rings. The van der Waals surface area contributed by atoms with Crippen LogP contribution in [0, 0.1) is 0 Å². The number of aryl methyl sites for hydroxylation is 1. The van der Waals surface area contributed by atoms with Crippen molar-refractivity contribution in [2.24, 2.45) is 14.1 Å². The van der Waals surface area contributed by atoms with Gasteiger partial charge >= 0.3 is 5.69 Å². The Bertz CT molecular complexity index is 818. The van der Waals surface area contributed by atoms with Gasteiger partial charge in [0.25, 0.3) is 5.56 Å². The highest BCUT2D eigenvalue weighted by atomic mass is 16.3. The van der Waals surface area contributed by atoms with Crippen LogP contribution in [0.15, 0.2) is 15.9 Å². The van der Waals surface area contributed by atoms with Gasteiger partial charge in [-0.1, -0.05) is 0 Å². The summed E-state index contributed by atoms with van der Waals surface area (Å²) in [7, 11) is 4.89. The number of nitrogens with zero attached hydrogens (tertiary/aromatic N) is 4. The van der Waals surface area contributed by atoms with E-state index in [1.165, 1.54) is 11.6 Å². The van der Waals surface area contributed by atoms with E-state index in [0.717, 1.165) is 23.8 Å². The maximum Gasteiger partial charge on any atom is 0.332 e. The summed E-state index contributed by atoms with van der Waals surface area (Å²) in [5.41, 5.74) is -0.0840. The van der Waals surface area contributed by atoms with Crippen molar-refractivity contribution >= 4 is 11.2 Å². The standard InChI is InChI=1S/C14H21N5O3/c1-15-8-5-4-6-9(11(8)20)19-7-16-10-12(19)17(2)14(22)18(3)13(10)21/h7-9,11,15,20H,4-6H2,1-3H3/t8-,9-,11-/m1/s1. The molecule has 8 heteroatoms. The number of rotatable bonds is 2. The van der Waals surface area contributed by atoms with Gasteiger partial charge in [-0.15, -0.1) is 0 Å². The zero-order valence-corrected chi connectivity index (χ0v) is 13.0. The molecule has 1 aliphatic rings. The molecular formula is C14H21N5O3. The average Bonchev–Trinajstić information content (AvgIpc) is 2.96. The van der Waals surface area contributed by atoms with E-state index < -0.39 is 17.4 Å². The van der Waals surface area contributed by atoms with Gasteiger partial charge in [0.05, 0.1) is 18.5 Å². The molecule has 22 heavy (non-hydrogen) atoms. The fourth-order valence-electron chi connectivity index (χ4n) is 3.42. The smallest absolute Gasteiger partial charge is 0.332 e. The van der Waals surface area contributed by atoms with Gasteiger partial charge in [-0.3, -0.25) is 13.9 Å². The largest absolute Gasteiger partial charge is 0.389 e. The summed E-state index contributed by atoms with van der Waals surface area (Å²) in [6.07, 6.45) is 3.62. The van der Waals surface area contributed by atoms with Crippen molar-refractivity contribution < 1.29 is 5.11 Å². The second-order valence-electron chi connectivity index (χ2n) is 5.91. The van der Waals surface area contributed by atoms with Gasteiger partial charge in [0.15, 0.2) is 5.52 Å². The number of nitrogens with one attached hydrogen (secondary N) is 1.